The van der Waals surface area contributed by atoms with Gasteiger partial charge in [0.05, 0.1) is 10.7 Å². The molecule has 132 valence electrons. The van der Waals surface area contributed by atoms with Crippen molar-refractivity contribution >= 4 is 21.7 Å². The molecule has 0 spiro atoms. The van der Waals surface area contributed by atoms with Gasteiger partial charge in [-0.05, 0) is 26.3 Å². The van der Waals surface area contributed by atoms with Crippen LogP contribution in [0.2, 0.25) is 0 Å². The molecule has 1 fully saturated rings. The number of carboxylic acids is 1. The van der Waals surface area contributed by atoms with Gasteiger partial charge in [0.15, 0.2) is 9.84 Å². The van der Waals surface area contributed by atoms with Crippen molar-refractivity contribution < 1.29 is 23.1 Å². The van der Waals surface area contributed by atoms with Crippen molar-refractivity contribution in [3.8, 4) is 0 Å². The summed E-state index contributed by atoms with van der Waals surface area (Å²) in [5, 5.41) is 9.45. The highest BCUT2D eigenvalue weighted by atomic mass is 32.2. The zero-order chi connectivity index (χ0) is 18.1. The molecular formula is C17H23NO5S. The maximum absolute atomic E-state index is 12.4. The summed E-state index contributed by atoms with van der Waals surface area (Å²) < 4.78 is 23.4. The Labute approximate surface area is 142 Å². The van der Waals surface area contributed by atoms with Crippen LogP contribution in [0.1, 0.15) is 32.3 Å². The lowest BCUT2D eigenvalue weighted by atomic mass is 9.89. The van der Waals surface area contributed by atoms with E-state index < -0.39 is 38.1 Å². The third kappa shape index (κ3) is 3.77. The van der Waals surface area contributed by atoms with Crippen molar-refractivity contribution in [1.29, 1.82) is 0 Å². The molecule has 7 heteroatoms. The topological polar surface area (TPSA) is 91.8 Å². The third-order valence-corrected chi connectivity index (χ3v) is 6.96. The van der Waals surface area contributed by atoms with Crippen molar-refractivity contribution in [2.24, 2.45) is 5.92 Å². The number of amides is 1. The fourth-order valence-electron chi connectivity index (χ4n) is 2.77. The second-order valence-corrected chi connectivity index (χ2v) is 9.88. The molecule has 6 nitrogen and oxygen atoms in total. The number of aliphatic carboxylic acids is 1. The lowest BCUT2D eigenvalue weighted by Gasteiger charge is -2.22. The lowest BCUT2D eigenvalue weighted by Crippen LogP contribution is -2.40. The molecule has 1 N–H and O–H groups in total. The Morgan fingerprint density at radius 2 is 1.75 bits per heavy atom. The van der Waals surface area contributed by atoms with Crippen LogP contribution in [0.3, 0.4) is 0 Å². The number of carbonyl (C=O) groups is 2. The first-order valence-corrected chi connectivity index (χ1v) is 9.46. The summed E-state index contributed by atoms with van der Waals surface area (Å²) in [4.78, 5) is 25.3. The Hall–Kier alpha value is -1.89. The van der Waals surface area contributed by atoms with Gasteiger partial charge in [0, 0.05) is 19.0 Å². The van der Waals surface area contributed by atoms with E-state index in [4.69, 9.17) is 0 Å². The molecule has 0 aliphatic carbocycles. The predicted molar refractivity (Wildman–Crippen MR) is 90.4 cm³/mol. The molecule has 0 aromatic heterocycles. The van der Waals surface area contributed by atoms with Crippen molar-refractivity contribution in [2.45, 2.75) is 31.4 Å². The second-order valence-electron chi connectivity index (χ2n) is 7.13. The molecule has 1 heterocycles. The lowest BCUT2D eigenvalue weighted by molar-refractivity contribution is -0.141. The first kappa shape index (κ1) is 18.4. The first-order chi connectivity index (χ1) is 11.0. The smallest absolute Gasteiger partial charge is 0.308 e. The number of likely N-dealkylation sites (tertiary alicyclic amines) is 1. The van der Waals surface area contributed by atoms with E-state index >= 15 is 0 Å². The molecule has 1 aromatic carbocycles. The Bertz CT molecular complexity index is 721. The number of carbonyl (C=O) groups excluding carboxylic acids is 1. The van der Waals surface area contributed by atoms with Gasteiger partial charge >= 0.3 is 5.97 Å². The Kier molecular flexibility index (Phi) is 5.03. The molecule has 1 amide bonds. The standard InChI is InChI=1S/C17H23NO5S/c1-17(2,3)24(22,23)11-15(19)18-9-13(14(10-18)16(20)21)12-7-5-4-6-8-12/h4-8,13-14H,9-11H2,1-3H3,(H,20,21)/t13-,14-/m0/s1. The van der Waals surface area contributed by atoms with Crippen LogP contribution < -0.4 is 0 Å². The predicted octanol–water partition coefficient (Wildman–Crippen LogP) is 1.53. The van der Waals surface area contributed by atoms with Gasteiger partial charge in [-0.3, -0.25) is 9.59 Å². The van der Waals surface area contributed by atoms with Gasteiger partial charge in [0.2, 0.25) is 5.91 Å². The highest BCUT2D eigenvalue weighted by Gasteiger charge is 2.42. The number of sulfone groups is 1. The van der Waals surface area contributed by atoms with Crippen LogP contribution in [-0.4, -0.2) is 53.9 Å². The molecule has 0 radical (unpaired) electrons. The van der Waals surface area contributed by atoms with Crippen LogP contribution >= 0.6 is 0 Å². The quantitative estimate of drug-likeness (QED) is 0.886. The summed E-state index contributed by atoms with van der Waals surface area (Å²) in [6, 6.07) is 9.15. The summed E-state index contributed by atoms with van der Waals surface area (Å²) in [5.74, 6) is -3.16. The van der Waals surface area contributed by atoms with Crippen molar-refractivity contribution in [2.75, 3.05) is 18.8 Å². The Balaban J connectivity index is 2.19. The zero-order valence-electron chi connectivity index (χ0n) is 14.1. The monoisotopic (exact) mass is 353 g/mol. The van der Waals surface area contributed by atoms with E-state index in [-0.39, 0.29) is 19.0 Å². The molecule has 0 unspecified atom stereocenters. The van der Waals surface area contributed by atoms with Gasteiger partial charge in [0.25, 0.3) is 0 Å². The molecule has 2 atom stereocenters. The van der Waals surface area contributed by atoms with E-state index in [0.29, 0.717) is 0 Å². The molecule has 1 aromatic rings. The van der Waals surface area contributed by atoms with Gasteiger partial charge in [-0.1, -0.05) is 30.3 Å². The van der Waals surface area contributed by atoms with E-state index in [1.807, 2.05) is 30.3 Å². The molecule has 24 heavy (non-hydrogen) atoms. The minimum atomic E-state index is -3.59. The van der Waals surface area contributed by atoms with E-state index in [1.54, 1.807) is 20.8 Å². The number of rotatable bonds is 4. The number of benzene rings is 1. The third-order valence-electron chi connectivity index (χ3n) is 4.46. The van der Waals surface area contributed by atoms with E-state index in [1.165, 1.54) is 4.90 Å². The van der Waals surface area contributed by atoms with Gasteiger partial charge < -0.3 is 10.0 Å². The van der Waals surface area contributed by atoms with Crippen LogP contribution in [0.5, 0.6) is 0 Å². The van der Waals surface area contributed by atoms with E-state index in [0.717, 1.165) is 5.56 Å². The van der Waals surface area contributed by atoms with Crippen molar-refractivity contribution in [3.63, 3.8) is 0 Å². The minimum Gasteiger partial charge on any atom is -0.481 e. The molecule has 1 aliphatic heterocycles. The number of nitrogens with zero attached hydrogens (tertiary/aromatic N) is 1. The fraction of sp³-hybridized carbons (Fsp3) is 0.529. The van der Waals surface area contributed by atoms with E-state index in [2.05, 4.69) is 0 Å². The largest absolute Gasteiger partial charge is 0.481 e. The number of hydrogen-bond acceptors (Lipinski definition) is 4. The van der Waals surface area contributed by atoms with Gasteiger partial charge in [-0.15, -0.1) is 0 Å². The van der Waals surface area contributed by atoms with Crippen molar-refractivity contribution in [3.05, 3.63) is 35.9 Å². The summed E-state index contributed by atoms with van der Waals surface area (Å²) >= 11 is 0. The molecule has 0 saturated carbocycles. The maximum Gasteiger partial charge on any atom is 0.308 e. The Morgan fingerprint density at radius 1 is 1.17 bits per heavy atom. The summed E-state index contributed by atoms with van der Waals surface area (Å²) in [6.07, 6.45) is 0. The minimum absolute atomic E-state index is 0.0351. The summed E-state index contributed by atoms with van der Waals surface area (Å²) in [6.45, 7) is 4.90. The van der Waals surface area contributed by atoms with Gasteiger partial charge in [-0.2, -0.15) is 0 Å². The molecular weight excluding hydrogens is 330 g/mol. The number of carboxylic acid groups (broad SMARTS) is 1. The summed E-state index contributed by atoms with van der Waals surface area (Å²) in [7, 11) is -3.59. The van der Waals surface area contributed by atoms with Gasteiger partial charge in [-0.25, -0.2) is 8.42 Å². The summed E-state index contributed by atoms with van der Waals surface area (Å²) in [5.41, 5.74) is 0.846. The molecule has 1 saturated heterocycles. The van der Waals surface area contributed by atoms with Crippen molar-refractivity contribution in [1.82, 2.24) is 4.90 Å². The van der Waals surface area contributed by atoms with Crippen LogP contribution in [0.15, 0.2) is 30.3 Å². The van der Waals surface area contributed by atoms with Crippen LogP contribution in [-0.2, 0) is 19.4 Å². The number of hydrogen-bond donors (Lipinski definition) is 1. The van der Waals surface area contributed by atoms with Crippen LogP contribution in [0.4, 0.5) is 0 Å². The fourth-order valence-corrected chi connectivity index (χ4v) is 3.71. The second kappa shape index (κ2) is 6.55. The molecule has 0 bridgehead atoms. The normalized spacial score (nSPS) is 21.7. The van der Waals surface area contributed by atoms with Crippen LogP contribution in [0.25, 0.3) is 0 Å². The Morgan fingerprint density at radius 3 is 2.25 bits per heavy atom. The average Bonchev–Trinajstić information content (AvgIpc) is 2.92. The van der Waals surface area contributed by atoms with Gasteiger partial charge in [0.1, 0.15) is 5.75 Å². The zero-order valence-corrected chi connectivity index (χ0v) is 14.9. The molecule has 2 rings (SSSR count). The maximum atomic E-state index is 12.4. The molecule has 1 aliphatic rings. The van der Waals surface area contributed by atoms with E-state index in [9.17, 15) is 23.1 Å². The SMILES string of the molecule is CC(C)(C)S(=O)(=O)CC(=O)N1C[C@H](C(=O)O)[C@H](c2ccccc2)C1. The highest BCUT2D eigenvalue weighted by Crippen LogP contribution is 2.33. The average molecular weight is 353 g/mol. The first-order valence-electron chi connectivity index (χ1n) is 7.81. The van der Waals surface area contributed by atoms with Crippen LogP contribution in [0, 0.1) is 5.92 Å². The highest BCUT2D eigenvalue weighted by molar-refractivity contribution is 7.93.